The van der Waals surface area contributed by atoms with Gasteiger partial charge in [0, 0.05) is 6.42 Å². The van der Waals surface area contributed by atoms with Gasteiger partial charge in [-0.25, -0.2) is 0 Å². The van der Waals surface area contributed by atoms with Gasteiger partial charge in [0.15, 0.2) is 0 Å². The van der Waals surface area contributed by atoms with Gasteiger partial charge in [0.2, 0.25) is 0 Å². The molecule has 2 heteroatoms. The van der Waals surface area contributed by atoms with Crippen LogP contribution >= 0.6 is 0 Å². The quantitative estimate of drug-likeness (QED) is 0.0700. The van der Waals surface area contributed by atoms with Crippen molar-refractivity contribution in [3.63, 3.8) is 0 Å². The second-order valence-corrected chi connectivity index (χ2v) is 18.4. The van der Waals surface area contributed by atoms with Crippen molar-refractivity contribution in [2.24, 2.45) is 52.3 Å². The number of carbonyl (C=O) groups is 1. The Balaban J connectivity index is 1.10. The minimum atomic E-state index is 0.0814. The predicted molar refractivity (Wildman–Crippen MR) is 202 cm³/mol. The Morgan fingerprint density at radius 2 is 1.34 bits per heavy atom. The number of unbranched alkanes of at least 4 members (excludes halogenated alkanes) is 11. The number of hydrogen-bond donors (Lipinski definition) is 0. The third-order valence-corrected chi connectivity index (χ3v) is 14.8. The number of esters is 1. The molecule has 0 bridgehead atoms. The third-order valence-electron chi connectivity index (χ3n) is 14.8. The topological polar surface area (TPSA) is 26.3 Å². The molecule has 0 amide bonds. The summed E-state index contributed by atoms with van der Waals surface area (Å²) < 4.78 is 6.17. The van der Waals surface area contributed by atoms with Crippen LogP contribution in [0.25, 0.3) is 0 Å². The summed E-state index contributed by atoms with van der Waals surface area (Å²) in [4.78, 5) is 12.8. The average molecular weight is 653 g/mol. The van der Waals surface area contributed by atoms with Crippen molar-refractivity contribution < 1.29 is 9.53 Å². The van der Waals surface area contributed by atoms with E-state index in [-0.39, 0.29) is 12.1 Å². The van der Waals surface area contributed by atoms with E-state index in [0.29, 0.717) is 17.3 Å². The van der Waals surface area contributed by atoms with Gasteiger partial charge < -0.3 is 4.74 Å². The highest BCUT2D eigenvalue weighted by atomic mass is 16.5. The maximum atomic E-state index is 12.8. The monoisotopic (exact) mass is 653 g/mol. The van der Waals surface area contributed by atoms with E-state index in [0.717, 1.165) is 60.7 Å². The van der Waals surface area contributed by atoms with Crippen molar-refractivity contribution in [3.8, 4) is 0 Å². The molecule has 0 radical (unpaired) electrons. The fourth-order valence-corrected chi connectivity index (χ4v) is 11.9. The lowest BCUT2D eigenvalue weighted by Gasteiger charge is -2.61. The Hall–Kier alpha value is -0.790. The fraction of sp³-hybridized carbons (Fsp3) is 0.933. The van der Waals surface area contributed by atoms with Crippen LogP contribution in [0.2, 0.25) is 0 Å². The average Bonchev–Trinajstić information content (AvgIpc) is 3.40. The summed E-state index contributed by atoms with van der Waals surface area (Å²) in [5, 5.41) is 0. The predicted octanol–water partition coefficient (Wildman–Crippen LogP) is 14.1. The Labute approximate surface area is 293 Å². The van der Waals surface area contributed by atoms with E-state index in [4.69, 9.17) is 4.74 Å². The molecule has 4 aliphatic carbocycles. The van der Waals surface area contributed by atoms with Crippen LogP contribution in [0, 0.1) is 52.3 Å². The summed E-state index contributed by atoms with van der Waals surface area (Å²) in [7, 11) is 0. The van der Waals surface area contributed by atoms with E-state index >= 15 is 0 Å². The molecule has 0 aromatic carbocycles. The molecule has 4 fully saturated rings. The first kappa shape index (κ1) is 39.0. The number of carbonyl (C=O) groups excluding carboxylic acids is 1. The van der Waals surface area contributed by atoms with Crippen molar-refractivity contribution >= 4 is 5.97 Å². The second kappa shape index (κ2) is 19.6. The van der Waals surface area contributed by atoms with Gasteiger partial charge in [-0.3, -0.25) is 4.79 Å². The second-order valence-electron chi connectivity index (χ2n) is 18.4. The van der Waals surface area contributed by atoms with Crippen LogP contribution in [-0.2, 0) is 9.53 Å². The Kier molecular flexibility index (Phi) is 16.2. The standard InChI is InChI=1S/C45H80O2/c1-7-8-9-10-11-12-13-14-15-16-17-18-19-20-21-25-43(46)47-38-30-32-44(5)37(34-38)26-27-39-41-29-28-40(36(4)24-22-23-35(2)3)45(41,6)33-31-42(39)44/h14-15,35-42H,7-13,16-34H2,1-6H3/b15-14+/t36-,37?,38?,39+,40-,41+,42+,44+,45-/m1/s1. The summed E-state index contributed by atoms with van der Waals surface area (Å²) in [6.45, 7) is 15.0. The van der Waals surface area contributed by atoms with Gasteiger partial charge in [0.1, 0.15) is 6.10 Å². The maximum Gasteiger partial charge on any atom is 0.306 e. The summed E-state index contributed by atoms with van der Waals surface area (Å²) in [6, 6.07) is 0. The fourth-order valence-electron chi connectivity index (χ4n) is 11.9. The molecule has 272 valence electrons. The number of rotatable bonds is 21. The smallest absolute Gasteiger partial charge is 0.306 e. The first-order valence-corrected chi connectivity index (χ1v) is 21.5. The zero-order chi connectivity index (χ0) is 33.7. The van der Waals surface area contributed by atoms with Crippen LogP contribution in [0.4, 0.5) is 0 Å². The molecule has 4 rings (SSSR count). The molecular weight excluding hydrogens is 572 g/mol. The van der Waals surface area contributed by atoms with Gasteiger partial charge >= 0.3 is 5.97 Å². The lowest BCUT2D eigenvalue weighted by molar-refractivity contribution is -0.162. The van der Waals surface area contributed by atoms with Gasteiger partial charge in [0.25, 0.3) is 0 Å². The Morgan fingerprint density at radius 1 is 0.702 bits per heavy atom. The van der Waals surface area contributed by atoms with Gasteiger partial charge in [-0.1, -0.05) is 124 Å². The van der Waals surface area contributed by atoms with E-state index in [1.807, 2.05) is 0 Å². The van der Waals surface area contributed by atoms with E-state index in [2.05, 4.69) is 53.7 Å². The number of fused-ring (bicyclic) bond motifs is 5. The van der Waals surface area contributed by atoms with E-state index < -0.39 is 0 Å². The van der Waals surface area contributed by atoms with Crippen molar-refractivity contribution in [1.82, 2.24) is 0 Å². The summed E-state index contributed by atoms with van der Waals surface area (Å²) >= 11 is 0. The number of ether oxygens (including phenoxy) is 1. The molecule has 0 aliphatic heterocycles. The molecule has 0 aromatic rings. The van der Waals surface area contributed by atoms with Crippen LogP contribution < -0.4 is 0 Å². The first-order valence-electron chi connectivity index (χ1n) is 21.5. The zero-order valence-electron chi connectivity index (χ0n) is 32.5. The van der Waals surface area contributed by atoms with Gasteiger partial charge in [0.05, 0.1) is 0 Å². The molecular formula is C45H80O2. The Morgan fingerprint density at radius 3 is 2.04 bits per heavy atom. The highest BCUT2D eigenvalue weighted by molar-refractivity contribution is 5.69. The van der Waals surface area contributed by atoms with Crippen LogP contribution in [0.1, 0.15) is 208 Å². The van der Waals surface area contributed by atoms with Crippen LogP contribution in [0.5, 0.6) is 0 Å². The van der Waals surface area contributed by atoms with Crippen molar-refractivity contribution in [1.29, 1.82) is 0 Å². The molecule has 0 heterocycles. The SMILES string of the molecule is CCCCCCCC/C=C/CCCCCCCC(=O)OC1CC[C@@]2(C)C(CC[C@H]3[C@@H]4CC[C@H]([C@H](C)CCCC(C)C)[C@@]4(C)CC[C@@H]32)C1. The molecule has 0 saturated heterocycles. The third kappa shape index (κ3) is 10.8. The molecule has 0 N–H and O–H groups in total. The number of hydrogen-bond acceptors (Lipinski definition) is 2. The zero-order valence-corrected chi connectivity index (χ0v) is 32.5. The maximum absolute atomic E-state index is 12.8. The van der Waals surface area contributed by atoms with Crippen molar-refractivity contribution in [2.75, 3.05) is 0 Å². The first-order chi connectivity index (χ1) is 22.7. The minimum absolute atomic E-state index is 0.0814. The van der Waals surface area contributed by atoms with E-state index in [9.17, 15) is 4.79 Å². The van der Waals surface area contributed by atoms with Gasteiger partial charge in [-0.05, 0) is 142 Å². The van der Waals surface area contributed by atoms with Gasteiger partial charge in [-0.15, -0.1) is 0 Å². The number of allylic oxidation sites excluding steroid dienone is 2. The summed E-state index contributed by atoms with van der Waals surface area (Å²) in [5.41, 5.74) is 1.05. The molecule has 4 saturated carbocycles. The molecule has 0 aromatic heterocycles. The highest BCUT2D eigenvalue weighted by Crippen LogP contribution is 2.68. The van der Waals surface area contributed by atoms with E-state index in [1.54, 1.807) is 0 Å². The van der Waals surface area contributed by atoms with Gasteiger partial charge in [-0.2, -0.15) is 0 Å². The molecule has 47 heavy (non-hydrogen) atoms. The highest BCUT2D eigenvalue weighted by Gasteiger charge is 2.60. The normalized spacial score (nSPS) is 34.3. The molecule has 0 spiro atoms. The van der Waals surface area contributed by atoms with Crippen LogP contribution in [0.15, 0.2) is 12.2 Å². The summed E-state index contributed by atoms with van der Waals surface area (Å²) in [5.74, 6) is 6.33. The van der Waals surface area contributed by atoms with Crippen LogP contribution in [0.3, 0.4) is 0 Å². The molecule has 9 atom stereocenters. The molecule has 2 nitrogen and oxygen atoms in total. The lowest BCUT2D eigenvalue weighted by atomic mass is 9.44. The van der Waals surface area contributed by atoms with Crippen LogP contribution in [-0.4, -0.2) is 12.1 Å². The lowest BCUT2D eigenvalue weighted by Crippen LogP contribution is -2.54. The van der Waals surface area contributed by atoms with Crippen molar-refractivity contribution in [2.45, 2.75) is 215 Å². The molecule has 4 aliphatic rings. The Bertz CT molecular complexity index is 921. The van der Waals surface area contributed by atoms with E-state index in [1.165, 1.54) is 141 Å². The largest absolute Gasteiger partial charge is 0.462 e. The minimum Gasteiger partial charge on any atom is -0.462 e. The summed E-state index contributed by atoms with van der Waals surface area (Å²) in [6.07, 6.45) is 38.9. The van der Waals surface area contributed by atoms with Crippen molar-refractivity contribution in [3.05, 3.63) is 12.2 Å². The molecule has 2 unspecified atom stereocenters.